The van der Waals surface area contributed by atoms with Crippen molar-refractivity contribution in [2.24, 2.45) is 0 Å². The van der Waals surface area contributed by atoms with E-state index < -0.39 is 0 Å². The van der Waals surface area contributed by atoms with Crippen LogP contribution >= 0.6 is 0 Å². The minimum Gasteiger partial charge on any atom is -0.304 e. The van der Waals surface area contributed by atoms with E-state index in [4.69, 9.17) is 5.26 Å². The molecule has 1 rings (SSSR count). The van der Waals surface area contributed by atoms with Crippen LogP contribution in [0.1, 0.15) is 20.3 Å². The first-order valence-corrected chi connectivity index (χ1v) is 4.99. The Hall–Kier alpha value is -0.590. The van der Waals surface area contributed by atoms with Crippen molar-refractivity contribution in [1.29, 1.82) is 5.26 Å². The molecule has 0 aliphatic carbocycles. The Morgan fingerprint density at radius 3 is 2.46 bits per heavy atom. The smallest absolute Gasteiger partial charge is 0.0638 e. The van der Waals surface area contributed by atoms with Crippen LogP contribution in [0.5, 0.6) is 0 Å². The maximum atomic E-state index is 8.53. The van der Waals surface area contributed by atoms with Crippen molar-refractivity contribution < 1.29 is 0 Å². The van der Waals surface area contributed by atoms with Crippen molar-refractivity contribution in [2.75, 3.05) is 33.7 Å². The van der Waals surface area contributed by atoms with Crippen LogP contribution in [-0.4, -0.2) is 49.6 Å². The number of hydrogen-bond acceptors (Lipinski definition) is 3. The van der Waals surface area contributed by atoms with Gasteiger partial charge < -0.3 is 4.90 Å². The summed E-state index contributed by atoms with van der Waals surface area (Å²) in [6.45, 7) is 7.24. The van der Waals surface area contributed by atoms with Crippen LogP contribution in [0.2, 0.25) is 0 Å². The third kappa shape index (κ3) is 4.25. The summed E-state index contributed by atoms with van der Waals surface area (Å²) in [7, 11) is 4.20. The second-order valence-electron chi connectivity index (χ2n) is 3.26. The molecule has 0 aromatic carbocycles. The monoisotopic (exact) mass is 183 g/mol. The maximum absolute atomic E-state index is 8.53. The summed E-state index contributed by atoms with van der Waals surface area (Å²) in [6.07, 6.45) is 0.654. The largest absolute Gasteiger partial charge is 0.304 e. The van der Waals surface area contributed by atoms with Gasteiger partial charge in [0.1, 0.15) is 0 Å². The predicted molar refractivity (Wildman–Crippen MR) is 55.5 cm³/mol. The first-order chi connectivity index (χ1) is 6.24. The van der Waals surface area contributed by atoms with Crippen molar-refractivity contribution in [3.63, 3.8) is 0 Å². The van der Waals surface area contributed by atoms with E-state index in [0.29, 0.717) is 12.5 Å². The molecule has 1 fully saturated rings. The van der Waals surface area contributed by atoms with E-state index in [9.17, 15) is 0 Å². The number of piperazine rings is 1. The van der Waals surface area contributed by atoms with Gasteiger partial charge in [0.25, 0.3) is 0 Å². The molecule has 1 unspecified atom stereocenters. The van der Waals surface area contributed by atoms with Crippen LogP contribution in [0.25, 0.3) is 0 Å². The molecular weight excluding hydrogens is 162 g/mol. The lowest BCUT2D eigenvalue weighted by Gasteiger charge is -2.36. The summed E-state index contributed by atoms with van der Waals surface area (Å²) in [4.78, 5) is 4.55. The minimum atomic E-state index is 0.443. The number of likely N-dealkylation sites (N-methyl/N-ethyl adjacent to an activating group) is 2. The average molecular weight is 183 g/mol. The second kappa shape index (κ2) is 6.88. The van der Waals surface area contributed by atoms with Crippen LogP contribution in [-0.2, 0) is 0 Å². The molecule has 76 valence electrons. The normalized spacial score (nSPS) is 24.4. The molecule has 1 aliphatic rings. The Labute approximate surface area is 81.9 Å². The Morgan fingerprint density at radius 2 is 1.92 bits per heavy atom. The van der Waals surface area contributed by atoms with Gasteiger partial charge in [0, 0.05) is 25.7 Å². The highest BCUT2D eigenvalue weighted by molar-refractivity contribution is 4.86. The fraction of sp³-hybridized carbons (Fsp3) is 0.900. The van der Waals surface area contributed by atoms with Crippen LogP contribution < -0.4 is 0 Å². The number of rotatable bonds is 1. The zero-order valence-electron chi connectivity index (χ0n) is 9.25. The average Bonchev–Trinajstić information content (AvgIpc) is 2.15. The molecule has 13 heavy (non-hydrogen) atoms. The highest BCUT2D eigenvalue weighted by atomic mass is 15.3. The molecule has 1 heterocycles. The summed E-state index contributed by atoms with van der Waals surface area (Å²) < 4.78 is 0. The molecule has 0 aromatic rings. The van der Waals surface area contributed by atoms with Gasteiger partial charge in [-0.05, 0) is 14.1 Å². The van der Waals surface area contributed by atoms with E-state index in [-0.39, 0.29) is 0 Å². The lowest BCUT2D eigenvalue weighted by Crippen LogP contribution is -2.49. The van der Waals surface area contributed by atoms with Gasteiger partial charge in [-0.25, -0.2) is 0 Å². The maximum Gasteiger partial charge on any atom is 0.0638 e. The third-order valence-corrected chi connectivity index (χ3v) is 2.31. The molecule has 0 saturated carbocycles. The molecule has 0 aromatic heterocycles. The molecule has 0 N–H and O–H groups in total. The summed E-state index contributed by atoms with van der Waals surface area (Å²) in [5, 5.41) is 8.53. The summed E-state index contributed by atoms with van der Waals surface area (Å²) in [5.41, 5.74) is 0. The van der Waals surface area contributed by atoms with Gasteiger partial charge >= 0.3 is 0 Å². The molecule has 1 aliphatic heterocycles. The van der Waals surface area contributed by atoms with Crippen molar-refractivity contribution in [1.82, 2.24) is 9.80 Å². The lowest BCUT2D eigenvalue weighted by molar-refractivity contribution is 0.117. The summed E-state index contributed by atoms with van der Waals surface area (Å²) >= 11 is 0. The molecule has 1 saturated heterocycles. The van der Waals surface area contributed by atoms with Crippen molar-refractivity contribution in [3.8, 4) is 6.07 Å². The first kappa shape index (κ1) is 12.4. The molecule has 3 heteroatoms. The van der Waals surface area contributed by atoms with Gasteiger partial charge in [-0.3, -0.25) is 4.90 Å². The number of nitriles is 1. The van der Waals surface area contributed by atoms with Gasteiger partial charge in [-0.2, -0.15) is 5.26 Å². The van der Waals surface area contributed by atoms with E-state index in [1.54, 1.807) is 0 Å². The Balaban J connectivity index is 0.000000671. The van der Waals surface area contributed by atoms with Crippen molar-refractivity contribution >= 4 is 0 Å². The Bertz CT molecular complexity index is 162. The Kier molecular flexibility index (Phi) is 6.56. The molecule has 0 spiro atoms. The van der Waals surface area contributed by atoms with E-state index >= 15 is 0 Å². The Morgan fingerprint density at radius 1 is 1.31 bits per heavy atom. The van der Waals surface area contributed by atoms with Crippen LogP contribution in [0.4, 0.5) is 0 Å². The minimum absolute atomic E-state index is 0.443. The van der Waals surface area contributed by atoms with Crippen molar-refractivity contribution in [2.45, 2.75) is 26.3 Å². The standard InChI is InChI=1S/C8H15N3.C2H6/c1-10-5-6-11(2)8(7-10)3-4-9;1-2/h8H,3,5-7H2,1-2H3;1-2H3. The third-order valence-electron chi connectivity index (χ3n) is 2.31. The van der Waals surface area contributed by atoms with Gasteiger partial charge in [-0.15, -0.1) is 0 Å². The molecule has 1 atom stereocenters. The van der Waals surface area contributed by atoms with Crippen LogP contribution in [0, 0.1) is 11.3 Å². The molecule has 0 radical (unpaired) electrons. The van der Waals surface area contributed by atoms with E-state index in [2.05, 4.69) is 30.0 Å². The highest BCUT2D eigenvalue weighted by Crippen LogP contribution is 2.07. The lowest BCUT2D eigenvalue weighted by atomic mass is 10.1. The van der Waals surface area contributed by atoms with E-state index in [1.807, 2.05) is 13.8 Å². The van der Waals surface area contributed by atoms with Crippen molar-refractivity contribution in [3.05, 3.63) is 0 Å². The quantitative estimate of drug-likeness (QED) is 0.611. The fourth-order valence-electron chi connectivity index (χ4n) is 1.43. The molecule has 3 nitrogen and oxygen atoms in total. The second-order valence-corrected chi connectivity index (χ2v) is 3.26. The molecule has 0 amide bonds. The van der Waals surface area contributed by atoms with Gasteiger partial charge in [0.05, 0.1) is 12.5 Å². The fourth-order valence-corrected chi connectivity index (χ4v) is 1.43. The van der Waals surface area contributed by atoms with Gasteiger partial charge in [-0.1, -0.05) is 13.8 Å². The number of nitrogens with zero attached hydrogens (tertiary/aromatic N) is 3. The van der Waals surface area contributed by atoms with Crippen LogP contribution in [0.15, 0.2) is 0 Å². The zero-order valence-corrected chi connectivity index (χ0v) is 9.25. The van der Waals surface area contributed by atoms with E-state index in [1.165, 1.54) is 0 Å². The topological polar surface area (TPSA) is 30.3 Å². The summed E-state index contributed by atoms with van der Waals surface area (Å²) in [6, 6.07) is 2.66. The summed E-state index contributed by atoms with van der Waals surface area (Å²) in [5.74, 6) is 0. The van der Waals surface area contributed by atoms with Gasteiger partial charge in [0.2, 0.25) is 0 Å². The zero-order chi connectivity index (χ0) is 10.3. The molecule has 0 bridgehead atoms. The van der Waals surface area contributed by atoms with E-state index in [0.717, 1.165) is 19.6 Å². The SMILES string of the molecule is CC.CN1CCN(C)C(CC#N)C1. The predicted octanol–water partition coefficient (Wildman–Crippen LogP) is 1.17. The number of hydrogen-bond donors (Lipinski definition) is 0. The first-order valence-electron chi connectivity index (χ1n) is 4.99. The molecular formula is C10H21N3. The van der Waals surface area contributed by atoms with Gasteiger partial charge in [0.15, 0.2) is 0 Å². The highest BCUT2D eigenvalue weighted by Gasteiger charge is 2.21. The van der Waals surface area contributed by atoms with Crippen LogP contribution in [0.3, 0.4) is 0 Å².